The Bertz CT molecular complexity index is 539. The summed E-state index contributed by atoms with van der Waals surface area (Å²) in [5, 5.41) is 13.0. The summed E-state index contributed by atoms with van der Waals surface area (Å²) in [6.07, 6.45) is 0.708. The number of hydrogen-bond acceptors (Lipinski definition) is 3. The maximum atomic E-state index is 13.2. The fourth-order valence-corrected chi connectivity index (χ4v) is 2.79. The summed E-state index contributed by atoms with van der Waals surface area (Å²) in [7, 11) is 1.97. The number of likely N-dealkylation sites (tertiary alicyclic amines) is 1. The molecule has 0 aliphatic carbocycles. The fourth-order valence-electron chi connectivity index (χ4n) is 2.79. The Balaban J connectivity index is 1.96. The van der Waals surface area contributed by atoms with E-state index in [9.17, 15) is 18.7 Å². The van der Waals surface area contributed by atoms with E-state index in [1.54, 1.807) is 6.92 Å². The van der Waals surface area contributed by atoms with Crippen LogP contribution in [-0.4, -0.2) is 42.1 Å². The number of piperidine rings is 1. The standard InChI is InChI=1S/C16H22F2N2O2/c1-10(15(21)11-5-6-13(17)14(18)8-11)19-16(22)12-4-3-7-20(2)9-12/h5-6,8,10,12,15,21H,3-4,7,9H2,1-2H3,(H,19,22). The molecular formula is C16H22F2N2O2. The lowest BCUT2D eigenvalue weighted by molar-refractivity contribution is -0.128. The topological polar surface area (TPSA) is 52.6 Å². The third kappa shape index (κ3) is 4.01. The highest BCUT2D eigenvalue weighted by Crippen LogP contribution is 2.21. The number of rotatable bonds is 4. The van der Waals surface area contributed by atoms with Gasteiger partial charge in [-0.3, -0.25) is 4.79 Å². The first kappa shape index (κ1) is 16.8. The van der Waals surface area contributed by atoms with Gasteiger partial charge in [-0.25, -0.2) is 8.78 Å². The molecule has 22 heavy (non-hydrogen) atoms. The molecule has 2 N–H and O–H groups in total. The lowest BCUT2D eigenvalue weighted by Crippen LogP contribution is -2.45. The number of carbonyl (C=O) groups is 1. The van der Waals surface area contributed by atoms with Crippen LogP contribution in [0.25, 0.3) is 0 Å². The van der Waals surface area contributed by atoms with Gasteiger partial charge in [0.15, 0.2) is 11.6 Å². The van der Waals surface area contributed by atoms with Crippen LogP contribution in [0.15, 0.2) is 18.2 Å². The highest BCUT2D eigenvalue weighted by atomic mass is 19.2. The molecule has 0 aromatic heterocycles. The van der Waals surface area contributed by atoms with Crippen LogP contribution in [0.3, 0.4) is 0 Å². The summed E-state index contributed by atoms with van der Waals surface area (Å²) in [5.41, 5.74) is 0.243. The van der Waals surface area contributed by atoms with Crippen molar-refractivity contribution in [3.63, 3.8) is 0 Å². The summed E-state index contributed by atoms with van der Waals surface area (Å²) in [5.74, 6) is -2.18. The van der Waals surface area contributed by atoms with Gasteiger partial charge in [-0.15, -0.1) is 0 Å². The summed E-state index contributed by atoms with van der Waals surface area (Å²) in [6, 6.07) is 2.67. The molecule has 4 nitrogen and oxygen atoms in total. The van der Waals surface area contributed by atoms with E-state index in [2.05, 4.69) is 10.2 Å². The molecule has 0 spiro atoms. The van der Waals surface area contributed by atoms with Crippen molar-refractivity contribution in [2.45, 2.75) is 31.9 Å². The molecule has 1 amide bonds. The molecule has 1 aromatic rings. The molecule has 1 saturated heterocycles. The molecule has 0 radical (unpaired) electrons. The molecule has 1 aliphatic rings. The number of nitrogens with zero attached hydrogens (tertiary/aromatic N) is 1. The van der Waals surface area contributed by atoms with Crippen molar-refractivity contribution in [2.24, 2.45) is 5.92 Å². The van der Waals surface area contributed by atoms with Crippen molar-refractivity contribution in [1.82, 2.24) is 10.2 Å². The largest absolute Gasteiger partial charge is 0.386 e. The van der Waals surface area contributed by atoms with Crippen LogP contribution < -0.4 is 5.32 Å². The van der Waals surface area contributed by atoms with Crippen LogP contribution in [0.2, 0.25) is 0 Å². The molecule has 0 saturated carbocycles. The average molecular weight is 312 g/mol. The van der Waals surface area contributed by atoms with Gasteiger partial charge in [-0.1, -0.05) is 6.07 Å². The van der Waals surface area contributed by atoms with Crippen molar-refractivity contribution < 1.29 is 18.7 Å². The number of benzene rings is 1. The fraction of sp³-hybridized carbons (Fsp3) is 0.562. The van der Waals surface area contributed by atoms with E-state index >= 15 is 0 Å². The van der Waals surface area contributed by atoms with Crippen LogP contribution in [0.4, 0.5) is 8.78 Å². The second kappa shape index (κ2) is 7.15. The average Bonchev–Trinajstić information content (AvgIpc) is 2.49. The molecule has 1 aliphatic heterocycles. The molecule has 3 unspecified atom stereocenters. The van der Waals surface area contributed by atoms with E-state index in [1.807, 2.05) is 7.05 Å². The van der Waals surface area contributed by atoms with Gasteiger partial charge in [-0.2, -0.15) is 0 Å². The normalized spacial score (nSPS) is 22.1. The molecule has 1 heterocycles. The Morgan fingerprint density at radius 3 is 2.77 bits per heavy atom. The van der Waals surface area contributed by atoms with Gasteiger partial charge in [0, 0.05) is 6.54 Å². The SMILES string of the molecule is CC(NC(=O)C1CCCN(C)C1)C(O)c1ccc(F)c(F)c1. The Morgan fingerprint density at radius 2 is 2.14 bits per heavy atom. The van der Waals surface area contributed by atoms with Gasteiger partial charge in [0.05, 0.1) is 18.1 Å². The molecule has 0 bridgehead atoms. The van der Waals surface area contributed by atoms with E-state index in [0.717, 1.165) is 31.5 Å². The van der Waals surface area contributed by atoms with Gasteiger partial charge in [0.25, 0.3) is 0 Å². The second-order valence-corrected chi connectivity index (χ2v) is 6.02. The van der Waals surface area contributed by atoms with E-state index in [-0.39, 0.29) is 17.4 Å². The lowest BCUT2D eigenvalue weighted by atomic mass is 9.96. The lowest BCUT2D eigenvalue weighted by Gasteiger charge is -2.30. The number of halogens is 2. The molecule has 122 valence electrons. The maximum absolute atomic E-state index is 13.2. The van der Waals surface area contributed by atoms with Crippen LogP contribution in [0.1, 0.15) is 31.4 Å². The van der Waals surface area contributed by atoms with Crippen LogP contribution in [0, 0.1) is 17.6 Å². The Hall–Kier alpha value is -1.53. The predicted octanol–water partition coefficient (Wildman–Crippen LogP) is 1.84. The minimum absolute atomic E-state index is 0.0987. The summed E-state index contributed by atoms with van der Waals surface area (Å²) >= 11 is 0. The van der Waals surface area contributed by atoms with Crippen molar-refractivity contribution >= 4 is 5.91 Å². The van der Waals surface area contributed by atoms with Gasteiger partial charge >= 0.3 is 0 Å². The van der Waals surface area contributed by atoms with Gasteiger partial charge < -0.3 is 15.3 Å². The van der Waals surface area contributed by atoms with Crippen molar-refractivity contribution in [3.8, 4) is 0 Å². The molecular weight excluding hydrogens is 290 g/mol. The number of carbonyl (C=O) groups excluding carboxylic acids is 1. The first-order chi connectivity index (χ1) is 10.4. The van der Waals surface area contributed by atoms with E-state index in [4.69, 9.17) is 0 Å². The minimum atomic E-state index is -1.08. The summed E-state index contributed by atoms with van der Waals surface area (Å²) < 4.78 is 26.1. The first-order valence-corrected chi connectivity index (χ1v) is 7.50. The predicted molar refractivity (Wildman–Crippen MR) is 79.1 cm³/mol. The zero-order chi connectivity index (χ0) is 16.3. The highest BCUT2D eigenvalue weighted by Gasteiger charge is 2.27. The zero-order valence-corrected chi connectivity index (χ0v) is 12.9. The second-order valence-electron chi connectivity index (χ2n) is 6.02. The molecule has 1 fully saturated rings. The number of amides is 1. The number of hydrogen-bond donors (Lipinski definition) is 2. The number of nitrogens with one attached hydrogen (secondary N) is 1. The highest BCUT2D eigenvalue weighted by molar-refractivity contribution is 5.79. The monoisotopic (exact) mass is 312 g/mol. The molecule has 6 heteroatoms. The molecule has 3 atom stereocenters. The van der Waals surface area contributed by atoms with Crippen molar-refractivity contribution in [1.29, 1.82) is 0 Å². The van der Waals surface area contributed by atoms with Crippen molar-refractivity contribution in [3.05, 3.63) is 35.4 Å². The Morgan fingerprint density at radius 1 is 1.41 bits per heavy atom. The van der Waals surface area contributed by atoms with E-state index in [1.165, 1.54) is 6.07 Å². The van der Waals surface area contributed by atoms with Crippen LogP contribution in [-0.2, 0) is 4.79 Å². The van der Waals surface area contributed by atoms with Gasteiger partial charge in [0.2, 0.25) is 5.91 Å². The van der Waals surface area contributed by atoms with Crippen LogP contribution in [0.5, 0.6) is 0 Å². The number of aliphatic hydroxyl groups is 1. The van der Waals surface area contributed by atoms with E-state index < -0.39 is 23.8 Å². The molecule has 2 rings (SSSR count). The first-order valence-electron chi connectivity index (χ1n) is 7.50. The quantitative estimate of drug-likeness (QED) is 0.892. The zero-order valence-electron chi connectivity index (χ0n) is 12.9. The van der Waals surface area contributed by atoms with Gasteiger partial charge in [-0.05, 0) is 51.1 Å². The smallest absolute Gasteiger partial charge is 0.224 e. The van der Waals surface area contributed by atoms with Crippen molar-refractivity contribution in [2.75, 3.05) is 20.1 Å². The molecule has 1 aromatic carbocycles. The Labute approximate surface area is 129 Å². The summed E-state index contributed by atoms with van der Waals surface area (Å²) in [6.45, 7) is 3.33. The maximum Gasteiger partial charge on any atom is 0.224 e. The third-order valence-electron chi connectivity index (χ3n) is 4.12. The summed E-state index contributed by atoms with van der Waals surface area (Å²) in [4.78, 5) is 14.3. The van der Waals surface area contributed by atoms with E-state index in [0.29, 0.717) is 6.54 Å². The third-order valence-corrected chi connectivity index (χ3v) is 4.12. The van der Waals surface area contributed by atoms with Gasteiger partial charge in [0.1, 0.15) is 0 Å². The van der Waals surface area contributed by atoms with Crippen LogP contribution >= 0.6 is 0 Å². The Kier molecular flexibility index (Phi) is 5.47. The number of aliphatic hydroxyl groups excluding tert-OH is 1. The minimum Gasteiger partial charge on any atom is -0.386 e.